The topological polar surface area (TPSA) is 111 Å². The van der Waals surface area contributed by atoms with Crippen LogP contribution in [0.1, 0.15) is 23.1 Å². The first-order chi connectivity index (χ1) is 12.3. The molecule has 9 nitrogen and oxygen atoms in total. The fourth-order valence-corrected chi connectivity index (χ4v) is 2.56. The van der Waals surface area contributed by atoms with Gasteiger partial charge < -0.3 is 10.1 Å². The number of urea groups is 1. The van der Waals surface area contributed by atoms with Gasteiger partial charge in [0.1, 0.15) is 0 Å². The van der Waals surface area contributed by atoms with Gasteiger partial charge in [0.05, 0.1) is 10.6 Å². The monoisotopic (exact) mass is 361 g/mol. The predicted molar refractivity (Wildman–Crippen MR) is 98.7 cm³/mol. The first-order valence-electron chi connectivity index (χ1n) is 8.18. The van der Waals surface area contributed by atoms with E-state index in [1.807, 2.05) is 13.1 Å². The van der Waals surface area contributed by atoms with E-state index < -0.39 is 11.0 Å². The number of aromatic nitrogens is 2. The molecule has 0 radical (unpaired) electrons. The number of carbonyl (C=O) groups excluding carboxylic acids is 1. The summed E-state index contributed by atoms with van der Waals surface area (Å²) >= 11 is 0. The average molecular weight is 361 g/mol. The van der Waals surface area contributed by atoms with Crippen molar-refractivity contribution in [2.45, 2.75) is 33.7 Å². The van der Waals surface area contributed by atoms with Crippen molar-refractivity contribution in [3.05, 3.63) is 45.1 Å². The zero-order valence-electron chi connectivity index (χ0n) is 15.3. The van der Waals surface area contributed by atoms with E-state index in [1.54, 1.807) is 31.7 Å². The second-order valence-electron chi connectivity index (χ2n) is 6.06. The number of methoxy groups -OCH3 is 1. The summed E-state index contributed by atoms with van der Waals surface area (Å²) in [6.45, 7) is 6.60. The molecule has 140 valence electrons. The molecular weight excluding hydrogens is 338 g/mol. The molecule has 0 aliphatic rings. The molecule has 0 fully saturated rings. The van der Waals surface area contributed by atoms with Crippen LogP contribution in [0, 0.1) is 30.9 Å². The van der Waals surface area contributed by atoms with Gasteiger partial charge in [0.2, 0.25) is 0 Å². The molecule has 0 saturated carbocycles. The lowest BCUT2D eigenvalue weighted by molar-refractivity contribution is -0.385. The van der Waals surface area contributed by atoms with Crippen LogP contribution >= 0.6 is 0 Å². The number of carbonyl (C=O) groups is 1. The van der Waals surface area contributed by atoms with E-state index in [4.69, 9.17) is 4.74 Å². The molecule has 9 heteroatoms. The zero-order chi connectivity index (χ0) is 19.3. The van der Waals surface area contributed by atoms with Crippen molar-refractivity contribution < 1.29 is 14.5 Å². The fraction of sp³-hybridized carbons (Fsp3) is 0.412. The summed E-state index contributed by atoms with van der Waals surface area (Å²) in [7, 11) is 1.64. The highest BCUT2D eigenvalue weighted by Gasteiger charge is 2.16. The molecular formula is C17H23N5O4. The minimum Gasteiger partial charge on any atom is -0.385 e. The van der Waals surface area contributed by atoms with Gasteiger partial charge >= 0.3 is 6.03 Å². The number of benzene rings is 1. The lowest BCUT2D eigenvalue weighted by atomic mass is 10.1. The second-order valence-corrected chi connectivity index (χ2v) is 6.06. The summed E-state index contributed by atoms with van der Waals surface area (Å²) in [5.41, 5.74) is 2.46. The minimum atomic E-state index is -0.503. The molecule has 0 saturated heterocycles. The van der Waals surface area contributed by atoms with Gasteiger partial charge in [-0.05, 0) is 38.8 Å². The number of ether oxygens (including phenoxy) is 1. The maximum atomic E-state index is 12.3. The Morgan fingerprint density at radius 1 is 1.23 bits per heavy atom. The van der Waals surface area contributed by atoms with E-state index in [-0.39, 0.29) is 5.69 Å². The van der Waals surface area contributed by atoms with Crippen LogP contribution in [-0.2, 0) is 11.3 Å². The lowest BCUT2D eigenvalue weighted by Gasteiger charge is -2.10. The third kappa shape index (κ3) is 4.79. The second kappa shape index (κ2) is 8.43. The lowest BCUT2D eigenvalue weighted by Crippen LogP contribution is -2.21. The van der Waals surface area contributed by atoms with Crippen molar-refractivity contribution in [3.63, 3.8) is 0 Å². The normalized spacial score (nSPS) is 10.6. The maximum absolute atomic E-state index is 12.3. The van der Waals surface area contributed by atoms with Crippen LogP contribution in [0.25, 0.3) is 0 Å². The summed E-state index contributed by atoms with van der Waals surface area (Å²) in [6, 6.07) is 2.53. The molecule has 0 atom stereocenters. The first-order valence-corrected chi connectivity index (χ1v) is 8.18. The van der Waals surface area contributed by atoms with Crippen molar-refractivity contribution in [3.8, 4) is 0 Å². The minimum absolute atomic E-state index is 0.0375. The molecule has 2 amide bonds. The number of nitrogens with one attached hydrogen (secondary N) is 2. The van der Waals surface area contributed by atoms with Crippen LogP contribution in [0.5, 0.6) is 0 Å². The van der Waals surface area contributed by atoms with E-state index in [1.165, 1.54) is 6.07 Å². The Balaban J connectivity index is 2.07. The highest BCUT2D eigenvalue weighted by Crippen LogP contribution is 2.26. The number of aryl methyl sites for hydroxylation is 4. The van der Waals surface area contributed by atoms with Gasteiger partial charge in [-0.25, -0.2) is 4.79 Å². The predicted octanol–water partition coefficient (Wildman–Crippen LogP) is 3.40. The number of hydrogen-bond donors (Lipinski definition) is 2. The molecule has 0 aliphatic heterocycles. The molecule has 2 N–H and O–H groups in total. The summed E-state index contributed by atoms with van der Waals surface area (Å²) < 4.78 is 6.75. The van der Waals surface area contributed by atoms with E-state index in [0.29, 0.717) is 30.2 Å². The molecule has 26 heavy (non-hydrogen) atoms. The van der Waals surface area contributed by atoms with Crippen LogP contribution in [0.3, 0.4) is 0 Å². The van der Waals surface area contributed by atoms with E-state index in [0.717, 1.165) is 17.5 Å². The summed E-state index contributed by atoms with van der Waals surface area (Å²) in [5, 5.41) is 20.7. The van der Waals surface area contributed by atoms with Gasteiger partial charge in [0.25, 0.3) is 5.69 Å². The van der Waals surface area contributed by atoms with E-state index >= 15 is 0 Å². The molecule has 2 aromatic rings. The van der Waals surface area contributed by atoms with E-state index in [9.17, 15) is 14.9 Å². The van der Waals surface area contributed by atoms with Gasteiger partial charge in [-0.1, -0.05) is 0 Å². The Labute approximate surface area is 151 Å². The number of rotatable bonds is 7. The van der Waals surface area contributed by atoms with Crippen LogP contribution in [0.2, 0.25) is 0 Å². The Bertz CT molecular complexity index is 816. The molecule has 1 aromatic carbocycles. The van der Waals surface area contributed by atoms with Crippen LogP contribution in [-0.4, -0.2) is 34.5 Å². The number of amides is 2. The fourth-order valence-electron chi connectivity index (χ4n) is 2.56. The van der Waals surface area contributed by atoms with Gasteiger partial charge in [-0.15, -0.1) is 0 Å². The Kier molecular flexibility index (Phi) is 6.29. The van der Waals surface area contributed by atoms with Gasteiger partial charge in [-0.3, -0.25) is 20.1 Å². The Hall–Kier alpha value is -2.94. The number of nitro groups is 1. The SMILES string of the molecule is COCCCn1cc(C)c(NC(=O)Nc2cc([N+](=O)[O-])c(C)cc2C)n1. The standard InChI is InChI=1S/C17H23N5O4/c1-11-8-12(2)15(22(24)25)9-14(11)18-17(23)19-16-13(3)10-21(20-16)6-5-7-26-4/h8-10H,5-7H2,1-4H3,(H2,18,19,20,23). The molecule has 1 heterocycles. The molecule has 0 spiro atoms. The zero-order valence-corrected chi connectivity index (χ0v) is 15.3. The largest absolute Gasteiger partial charge is 0.385 e. The smallest absolute Gasteiger partial charge is 0.324 e. The highest BCUT2D eigenvalue weighted by molar-refractivity contribution is 6.00. The highest BCUT2D eigenvalue weighted by atomic mass is 16.6. The molecule has 0 unspecified atom stereocenters. The third-order valence-electron chi connectivity index (χ3n) is 3.90. The van der Waals surface area contributed by atoms with Gasteiger partial charge in [0.15, 0.2) is 5.82 Å². The Morgan fingerprint density at radius 3 is 2.62 bits per heavy atom. The summed E-state index contributed by atoms with van der Waals surface area (Å²) in [5.74, 6) is 0.444. The van der Waals surface area contributed by atoms with E-state index in [2.05, 4.69) is 15.7 Å². The van der Waals surface area contributed by atoms with Crippen molar-refractivity contribution in [2.24, 2.45) is 0 Å². The van der Waals surface area contributed by atoms with Crippen molar-refractivity contribution in [1.82, 2.24) is 9.78 Å². The van der Waals surface area contributed by atoms with Crippen molar-refractivity contribution >= 4 is 23.2 Å². The molecule has 1 aromatic heterocycles. The number of nitro benzene ring substituents is 1. The van der Waals surface area contributed by atoms with Crippen LogP contribution in [0.4, 0.5) is 22.0 Å². The summed E-state index contributed by atoms with van der Waals surface area (Å²) in [4.78, 5) is 22.9. The number of nitrogens with zero attached hydrogens (tertiary/aromatic N) is 3. The molecule has 0 bridgehead atoms. The van der Waals surface area contributed by atoms with Crippen molar-refractivity contribution in [2.75, 3.05) is 24.4 Å². The average Bonchev–Trinajstić information content (AvgIpc) is 2.89. The summed E-state index contributed by atoms with van der Waals surface area (Å²) in [6.07, 6.45) is 2.66. The van der Waals surface area contributed by atoms with Crippen molar-refractivity contribution in [1.29, 1.82) is 0 Å². The quantitative estimate of drug-likeness (QED) is 0.446. The first kappa shape index (κ1) is 19.4. The maximum Gasteiger partial charge on any atom is 0.324 e. The Morgan fingerprint density at radius 2 is 1.96 bits per heavy atom. The van der Waals surface area contributed by atoms with Crippen LogP contribution in [0.15, 0.2) is 18.3 Å². The molecule has 2 rings (SSSR count). The number of anilines is 2. The number of hydrogen-bond acceptors (Lipinski definition) is 5. The van der Waals surface area contributed by atoms with Gasteiger partial charge in [-0.2, -0.15) is 5.10 Å². The van der Waals surface area contributed by atoms with Crippen LogP contribution < -0.4 is 10.6 Å². The van der Waals surface area contributed by atoms with Gasteiger partial charge in [0, 0.05) is 43.7 Å². The third-order valence-corrected chi connectivity index (χ3v) is 3.90. The molecule has 0 aliphatic carbocycles.